The summed E-state index contributed by atoms with van der Waals surface area (Å²) in [7, 11) is 0. The van der Waals surface area contributed by atoms with Crippen LogP contribution in [-0.2, 0) is 28.4 Å². The molecular weight excluding hydrogens is 649 g/mol. The fraction of sp³-hybridized carbons (Fsp3) is 0.565. The average Bonchev–Trinajstić information content (AvgIpc) is 3.15. The lowest BCUT2D eigenvalue weighted by Gasteiger charge is -2.45. The van der Waals surface area contributed by atoms with Crippen molar-refractivity contribution < 1.29 is 28.4 Å². The van der Waals surface area contributed by atoms with Gasteiger partial charge in [0, 0.05) is 0 Å². The van der Waals surface area contributed by atoms with Crippen molar-refractivity contribution in [3.8, 4) is 0 Å². The molecule has 1 aliphatic heterocycles. The fourth-order valence-electron chi connectivity index (χ4n) is 5.45. The normalized spacial score (nSPS) is 20.9. The Hall–Kier alpha value is -2.84. The molecule has 0 spiro atoms. The smallest absolute Gasteiger partial charge is 0.187 e. The molecule has 52 heavy (non-hydrogen) atoms. The zero-order chi connectivity index (χ0) is 37.6. The van der Waals surface area contributed by atoms with Crippen LogP contribution in [0.1, 0.15) is 96.3 Å². The van der Waals surface area contributed by atoms with E-state index in [0.29, 0.717) is 39.6 Å². The Labute approximate surface area is 318 Å². The van der Waals surface area contributed by atoms with Crippen LogP contribution >= 0.6 is 0 Å². The van der Waals surface area contributed by atoms with Crippen LogP contribution in [0.25, 0.3) is 0 Å². The van der Waals surface area contributed by atoms with Crippen molar-refractivity contribution in [3.63, 3.8) is 0 Å². The summed E-state index contributed by atoms with van der Waals surface area (Å²) in [6.45, 7) is 21.6. The lowest BCUT2D eigenvalue weighted by atomic mass is 9.98. The number of ether oxygens (including phenoxy) is 6. The number of hydrogen-bond acceptors (Lipinski definition) is 6. The first kappa shape index (κ1) is 47.2. The third-order valence-corrected chi connectivity index (χ3v) is 8.33. The molecule has 0 amide bonds. The second kappa shape index (κ2) is 36.5. The second-order valence-electron chi connectivity index (χ2n) is 12.8. The quantitative estimate of drug-likeness (QED) is 0.0474. The highest BCUT2D eigenvalue weighted by atomic mass is 16.7. The Kier molecular flexibility index (Phi) is 33.1. The predicted molar refractivity (Wildman–Crippen MR) is 221 cm³/mol. The molecule has 6 nitrogen and oxygen atoms in total. The molecular formula is C46H72O6. The molecule has 0 unspecified atom stereocenters. The SMILES string of the molecule is C=CCCC/C=C/COC[C@H]1O[C@@H](OC/C=C/CCCC=C)[C@H](OC/C=C/CCCC=C)[C@@H](OC/C=C/CCCC=C)[C@@H]1OC/C=C/CCCC=C. The van der Waals surface area contributed by atoms with E-state index < -0.39 is 30.7 Å². The van der Waals surface area contributed by atoms with E-state index in [1.807, 2.05) is 36.5 Å². The maximum Gasteiger partial charge on any atom is 0.187 e. The summed E-state index contributed by atoms with van der Waals surface area (Å²) in [4.78, 5) is 0. The zero-order valence-electron chi connectivity index (χ0n) is 32.4. The van der Waals surface area contributed by atoms with Crippen molar-refractivity contribution in [1.82, 2.24) is 0 Å². The molecule has 292 valence electrons. The highest BCUT2D eigenvalue weighted by Gasteiger charge is 2.48. The van der Waals surface area contributed by atoms with Gasteiger partial charge in [-0.25, -0.2) is 0 Å². The lowest BCUT2D eigenvalue weighted by molar-refractivity contribution is -0.317. The van der Waals surface area contributed by atoms with Gasteiger partial charge in [-0.2, -0.15) is 0 Å². The fourth-order valence-corrected chi connectivity index (χ4v) is 5.45. The number of unbranched alkanes of at least 4 members (excludes halogenated alkanes) is 10. The Bertz CT molecular complexity index is 1040. The summed E-state index contributed by atoms with van der Waals surface area (Å²) in [5, 5.41) is 0. The first-order chi connectivity index (χ1) is 25.7. The van der Waals surface area contributed by atoms with Gasteiger partial charge in [0.1, 0.15) is 24.4 Å². The van der Waals surface area contributed by atoms with E-state index in [-0.39, 0.29) is 0 Å². The first-order valence-electron chi connectivity index (χ1n) is 19.7. The molecule has 0 aromatic carbocycles. The van der Waals surface area contributed by atoms with Gasteiger partial charge in [-0.05, 0) is 96.3 Å². The summed E-state index contributed by atoms with van der Waals surface area (Å²) in [5.41, 5.74) is 0. The molecule has 0 aliphatic carbocycles. The number of hydrogen-bond donors (Lipinski definition) is 0. The molecule has 6 heteroatoms. The number of rotatable bonds is 36. The minimum Gasteiger partial charge on any atom is -0.375 e. The molecule has 0 N–H and O–H groups in total. The van der Waals surface area contributed by atoms with Crippen LogP contribution in [0.4, 0.5) is 0 Å². The minimum absolute atomic E-state index is 0.329. The van der Waals surface area contributed by atoms with Gasteiger partial charge in [0.15, 0.2) is 6.29 Å². The van der Waals surface area contributed by atoms with Gasteiger partial charge in [-0.3, -0.25) is 0 Å². The third-order valence-electron chi connectivity index (χ3n) is 8.33. The Morgan fingerprint density at radius 2 is 0.712 bits per heavy atom. The van der Waals surface area contributed by atoms with Crippen LogP contribution in [0, 0.1) is 0 Å². The van der Waals surface area contributed by atoms with E-state index in [1.54, 1.807) is 0 Å². The summed E-state index contributed by atoms with van der Waals surface area (Å²) in [6.07, 6.45) is 43.5. The topological polar surface area (TPSA) is 55.4 Å². The summed E-state index contributed by atoms with van der Waals surface area (Å²) >= 11 is 0. The third kappa shape index (κ3) is 25.2. The van der Waals surface area contributed by atoms with E-state index in [0.717, 1.165) is 96.3 Å². The van der Waals surface area contributed by atoms with Gasteiger partial charge in [0.25, 0.3) is 0 Å². The van der Waals surface area contributed by atoms with Crippen LogP contribution in [-0.4, -0.2) is 70.3 Å². The first-order valence-corrected chi connectivity index (χ1v) is 19.7. The van der Waals surface area contributed by atoms with E-state index in [9.17, 15) is 0 Å². The molecule has 0 aromatic heterocycles. The van der Waals surface area contributed by atoms with E-state index in [2.05, 4.69) is 87.6 Å². The maximum absolute atomic E-state index is 6.68. The molecule has 0 bridgehead atoms. The zero-order valence-corrected chi connectivity index (χ0v) is 32.4. The van der Waals surface area contributed by atoms with Gasteiger partial charge in [0.2, 0.25) is 0 Å². The lowest BCUT2D eigenvalue weighted by Crippen LogP contribution is -2.62. The molecule has 1 heterocycles. The van der Waals surface area contributed by atoms with Crippen LogP contribution in [0.3, 0.4) is 0 Å². The monoisotopic (exact) mass is 721 g/mol. The molecule has 5 atom stereocenters. The molecule has 0 saturated carbocycles. The van der Waals surface area contributed by atoms with Crippen LogP contribution in [0.2, 0.25) is 0 Å². The van der Waals surface area contributed by atoms with E-state index in [1.165, 1.54) is 0 Å². The summed E-state index contributed by atoms with van der Waals surface area (Å²) in [5.74, 6) is 0. The van der Waals surface area contributed by atoms with Crippen molar-refractivity contribution in [2.75, 3.05) is 39.6 Å². The highest BCUT2D eigenvalue weighted by molar-refractivity contribution is 4.97. The highest BCUT2D eigenvalue weighted by Crippen LogP contribution is 2.30. The van der Waals surface area contributed by atoms with Crippen molar-refractivity contribution >= 4 is 0 Å². The van der Waals surface area contributed by atoms with Gasteiger partial charge in [0.05, 0.1) is 39.6 Å². The van der Waals surface area contributed by atoms with Crippen LogP contribution in [0.5, 0.6) is 0 Å². The van der Waals surface area contributed by atoms with Crippen molar-refractivity contribution in [2.24, 2.45) is 0 Å². The standard InChI is InChI=1S/C46H72O6/c1-6-11-16-21-26-31-36-47-41-42-43(48-37-32-27-22-17-12-7-2)44(49-38-33-28-23-18-13-8-3)45(50-39-34-29-24-19-14-9-4)46(52-42)51-40-35-30-25-20-15-10-5/h6-10,26-35,42-46H,1-5,11-25,36-41H2/b31-26+,32-27+,33-28+,34-29+,35-30+/t42-,43-,44+,45-,46-/m1/s1. The molecule has 0 radical (unpaired) electrons. The van der Waals surface area contributed by atoms with Crippen molar-refractivity contribution in [3.05, 3.63) is 124 Å². The summed E-state index contributed by atoms with van der Waals surface area (Å²) in [6, 6.07) is 0. The minimum atomic E-state index is -0.675. The number of allylic oxidation sites excluding steroid dienone is 10. The Balaban J connectivity index is 3.27. The molecule has 1 aliphatic rings. The van der Waals surface area contributed by atoms with Crippen molar-refractivity contribution in [1.29, 1.82) is 0 Å². The van der Waals surface area contributed by atoms with E-state index in [4.69, 9.17) is 28.4 Å². The van der Waals surface area contributed by atoms with Crippen LogP contribution in [0.15, 0.2) is 124 Å². The van der Waals surface area contributed by atoms with Gasteiger partial charge >= 0.3 is 0 Å². The average molecular weight is 721 g/mol. The van der Waals surface area contributed by atoms with Gasteiger partial charge < -0.3 is 28.4 Å². The van der Waals surface area contributed by atoms with Gasteiger partial charge in [-0.15, -0.1) is 32.9 Å². The maximum atomic E-state index is 6.68. The summed E-state index contributed by atoms with van der Waals surface area (Å²) < 4.78 is 39.1. The second-order valence-corrected chi connectivity index (χ2v) is 12.8. The predicted octanol–water partition coefficient (Wildman–Crippen LogP) is 11.5. The van der Waals surface area contributed by atoms with Gasteiger partial charge in [-0.1, -0.05) is 91.1 Å². The van der Waals surface area contributed by atoms with Crippen molar-refractivity contribution in [2.45, 2.75) is 127 Å². The van der Waals surface area contributed by atoms with Crippen LogP contribution < -0.4 is 0 Å². The Morgan fingerprint density at radius 3 is 1.12 bits per heavy atom. The largest absolute Gasteiger partial charge is 0.375 e. The molecule has 1 saturated heterocycles. The molecule has 1 fully saturated rings. The van der Waals surface area contributed by atoms with E-state index >= 15 is 0 Å². The Morgan fingerprint density at radius 1 is 0.365 bits per heavy atom. The molecule has 1 rings (SSSR count). The molecule has 0 aromatic rings.